The molecule has 100 valence electrons. The van der Waals surface area contributed by atoms with E-state index in [4.69, 9.17) is 4.74 Å². The fourth-order valence-corrected chi connectivity index (χ4v) is 1.66. The Labute approximate surface area is 106 Å². The largest absolute Gasteiger partial charge is 0.494 e. The second-order valence-corrected chi connectivity index (χ2v) is 4.03. The van der Waals surface area contributed by atoms with E-state index in [0.717, 1.165) is 5.56 Å². The van der Waals surface area contributed by atoms with Crippen molar-refractivity contribution in [3.63, 3.8) is 0 Å². The lowest BCUT2D eigenvalue weighted by Gasteiger charge is -2.19. The lowest BCUT2D eigenvalue weighted by molar-refractivity contribution is -0.142. The van der Waals surface area contributed by atoms with Crippen LogP contribution in [0.1, 0.15) is 25.5 Å². The van der Waals surface area contributed by atoms with Crippen molar-refractivity contribution in [1.29, 1.82) is 0 Å². The summed E-state index contributed by atoms with van der Waals surface area (Å²) in [4.78, 5) is 11.3. The number of nitrogens with one attached hydrogen (secondary N) is 1. The van der Waals surface area contributed by atoms with E-state index in [0.29, 0.717) is 0 Å². The molecule has 0 aliphatic heterocycles. The van der Waals surface area contributed by atoms with Crippen molar-refractivity contribution < 1.29 is 18.7 Å². The van der Waals surface area contributed by atoms with Crippen LogP contribution in [0.4, 0.5) is 4.39 Å². The number of rotatable bonds is 5. The first kappa shape index (κ1) is 14.4. The molecule has 0 spiro atoms. The van der Waals surface area contributed by atoms with Crippen molar-refractivity contribution >= 4 is 5.97 Å². The van der Waals surface area contributed by atoms with Crippen LogP contribution < -0.4 is 10.1 Å². The summed E-state index contributed by atoms with van der Waals surface area (Å²) in [6.45, 7) is 3.59. The Balaban J connectivity index is 2.78. The summed E-state index contributed by atoms with van der Waals surface area (Å²) in [5, 5.41) is 3.07. The van der Waals surface area contributed by atoms with Gasteiger partial charge in [-0.2, -0.15) is 0 Å². The van der Waals surface area contributed by atoms with Gasteiger partial charge in [0, 0.05) is 6.04 Å². The summed E-state index contributed by atoms with van der Waals surface area (Å²) in [7, 11) is 2.75. The Hall–Kier alpha value is -1.62. The van der Waals surface area contributed by atoms with Gasteiger partial charge in [0.25, 0.3) is 0 Å². The number of ether oxygens (including phenoxy) is 2. The zero-order valence-electron chi connectivity index (χ0n) is 11.0. The maximum Gasteiger partial charge on any atom is 0.322 e. The molecule has 1 aromatic rings. The minimum absolute atomic E-state index is 0.117. The molecule has 0 aliphatic carbocycles. The van der Waals surface area contributed by atoms with Gasteiger partial charge in [-0.15, -0.1) is 0 Å². The lowest BCUT2D eigenvalue weighted by atomic mass is 10.1. The molecular weight excluding hydrogens is 237 g/mol. The molecule has 2 atom stereocenters. The normalized spacial score (nSPS) is 13.8. The van der Waals surface area contributed by atoms with Crippen LogP contribution in [0.25, 0.3) is 0 Å². The first-order valence-corrected chi connectivity index (χ1v) is 5.67. The highest BCUT2D eigenvalue weighted by molar-refractivity contribution is 5.75. The Morgan fingerprint density at radius 3 is 2.56 bits per heavy atom. The van der Waals surface area contributed by atoms with Crippen LogP contribution in [-0.2, 0) is 9.53 Å². The highest BCUT2D eigenvalue weighted by Gasteiger charge is 2.17. The zero-order chi connectivity index (χ0) is 13.7. The molecule has 0 heterocycles. The van der Waals surface area contributed by atoms with Crippen molar-refractivity contribution in [2.75, 3.05) is 14.2 Å². The number of benzene rings is 1. The molecule has 1 rings (SSSR count). The summed E-state index contributed by atoms with van der Waals surface area (Å²) >= 11 is 0. The first-order valence-electron chi connectivity index (χ1n) is 5.67. The van der Waals surface area contributed by atoms with Gasteiger partial charge in [0.05, 0.1) is 14.2 Å². The molecule has 4 nitrogen and oxygen atoms in total. The minimum Gasteiger partial charge on any atom is -0.494 e. The predicted octanol–water partition coefficient (Wildman–Crippen LogP) is 2.05. The molecule has 0 bridgehead atoms. The van der Waals surface area contributed by atoms with Gasteiger partial charge in [0.1, 0.15) is 6.04 Å². The summed E-state index contributed by atoms with van der Waals surface area (Å²) in [6.07, 6.45) is 0. The van der Waals surface area contributed by atoms with Crippen LogP contribution in [0.2, 0.25) is 0 Å². The van der Waals surface area contributed by atoms with Gasteiger partial charge in [0.15, 0.2) is 11.6 Å². The van der Waals surface area contributed by atoms with Crippen molar-refractivity contribution in [1.82, 2.24) is 5.32 Å². The number of hydrogen-bond donors (Lipinski definition) is 1. The van der Waals surface area contributed by atoms with Crippen LogP contribution in [0.5, 0.6) is 5.75 Å². The van der Waals surface area contributed by atoms with E-state index in [1.54, 1.807) is 19.1 Å². The van der Waals surface area contributed by atoms with Gasteiger partial charge in [-0.3, -0.25) is 10.1 Å². The molecule has 0 fully saturated rings. The molecule has 0 saturated heterocycles. The quantitative estimate of drug-likeness (QED) is 0.818. The van der Waals surface area contributed by atoms with Crippen LogP contribution in [0.3, 0.4) is 0 Å². The maximum atomic E-state index is 13.3. The lowest BCUT2D eigenvalue weighted by Crippen LogP contribution is -2.36. The third-order valence-corrected chi connectivity index (χ3v) is 2.73. The summed E-state index contributed by atoms with van der Waals surface area (Å²) in [5.41, 5.74) is 0.837. The third-order valence-electron chi connectivity index (χ3n) is 2.73. The monoisotopic (exact) mass is 255 g/mol. The van der Waals surface area contributed by atoms with E-state index in [-0.39, 0.29) is 17.8 Å². The van der Waals surface area contributed by atoms with Crippen LogP contribution >= 0.6 is 0 Å². The first-order chi connectivity index (χ1) is 8.49. The SMILES string of the molecule is COC(=O)[C@H](C)NC(C)c1ccc(F)c(OC)c1. The van der Waals surface area contributed by atoms with Gasteiger partial charge in [-0.05, 0) is 31.5 Å². The van der Waals surface area contributed by atoms with Crippen molar-refractivity contribution in [2.24, 2.45) is 0 Å². The molecule has 1 unspecified atom stereocenters. The van der Waals surface area contributed by atoms with Crippen LogP contribution in [0.15, 0.2) is 18.2 Å². The van der Waals surface area contributed by atoms with E-state index in [1.165, 1.54) is 20.3 Å². The standard InChI is InChI=1S/C13H18FNO3/c1-8(15-9(2)13(16)18-4)10-5-6-11(14)12(7-10)17-3/h5-9,15H,1-4H3/t8?,9-/m0/s1. The van der Waals surface area contributed by atoms with E-state index in [1.807, 2.05) is 6.92 Å². The second-order valence-electron chi connectivity index (χ2n) is 4.03. The highest BCUT2D eigenvalue weighted by atomic mass is 19.1. The predicted molar refractivity (Wildman–Crippen MR) is 66.0 cm³/mol. The fraction of sp³-hybridized carbons (Fsp3) is 0.462. The van der Waals surface area contributed by atoms with E-state index in [9.17, 15) is 9.18 Å². The number of carbonyl (C=O) groups is 1. The van der Waals surface area contributed by atoms with Crippen LogP contribution in [-0.4, -0.2) is 26.2 Å². The number of carbonyl (C=O) groups excluding carboxylic acids is 1. The van der Waals surface area contributed by atoms with E-state index < -0.39 is 11.9 Å². The zero-order valence-corrected chi connectivity index (χ0v) is 11.0. The molecule has 0 radical (unpaired) electrons. The molecule has 5 heteroatoms. The minimum atomic E-state index is -0.430. The highest BCUT2D eigenvalue weighted by Crippen LogP contribution is 2.22. The Bertz CT molecular complexity index is 423. The second kappa shape index (κ2) is 6.35. The number of methoxy groups -OCH3 is 2. The Morgan fingerprint density at radius 2 is 2.00 bits per heavy atom. The molecule has 1 N–H and O–H groups in total. The smallest absolute Gasteiger partial charge is 0.322 e. The third kappa shape index (κ3) is 3.43. The average molecular weight is 255 g/mol. The van der Waals surface area contributed by atoms with Gasteiger partial charge >= 0.3 is 5.97 Å². The van der Waals surface area contributed by atoms with E-state index >= 15 is 0 Å². The topological polar surface area (TPSA) is 47.6 Å². The van der Waals surface area contributed by atoms with E-state index in [2.05, 4.69) is 10.1 Å². The van der Waals surface area contributed by atoms with Crippen molar-refractivity contribution in [3.8, 4) is 5.75 Å². The van der Waals surface area contributed by atoms with Crippen molar-refractivity contribution in [2.45, 2.75) is 25.9 Å². The molecule has 0 aliphatic rings. The summed E-state index contributed by atoms with van der Waals surface area (Å²) in [5.74, 6) is -0.558. The molecule has 0 aromatic heterocycles. The molecule has 0 amide bonds. The average Bonchev–Trinajstić information content (AvgIpc) is 2.37. The van der Waals surface area contributed by atoms with Gasteiger partial charge in [-0.1, -0.05) is 6.07 Å². The summed E-state index contributed by atoms with van der Waals surface area (Å²) in [6, 6.07) is 4.06. The molecule has 1 aromatic carbocycles. The Kier molecular flexibility index (Phi) is 5.09. The number of esters is 1. The number of hydrogen-bond acceptors (Lipinski definition) is 4. The number of halogens is 1. The maximum absolute atomic E-state index is 13.3. The van der Waals surface area contributed by atoms with Crippen LogP contribution in [0, 0.1) is 5.82 Å². The van der Waals surface area contributed by atoms with Gasteiger partial charge in [0.2, 0.25) is 0 Å². The van der Waals surface area contributed by atoms with Gasteiger partial charge in [-0.25, -0.2) is 4.39 Å². The van der Waals surface area contributed by atoms with Crippen molar-refractivity contribution in [3.05, 3.63) is 29.6 Å². The molecule has 0 saturated carbocycles. The van der Waals surface area contributed by atoms with Gasteiger partial charge < -0.3 is 9.47 Å². The molecular formula is C13H18FNO3. The Morgan fingerprint density at radius 1 is 1.33 bits per heavy atom. The fourth-order valence-electron chi connectivity index (χ4n) is 1.66. The summed E-state index contributed by atoms with van der Waals surface area (Å²) < 4.78 is 22.8. The molecule has 18 heavy (non-hydrogen) atoms.